The van der Waals surface area contributed by atoms with E-state index in [9.17, 15) is 4.79 Å². The average molecular weight is 263 g/mol. The first kappa shape index (κ1) is 13.5. The minimum atomic E-state index is -0.118. The Bertz CT molecular complexity index is 618. The maximum Gasteiger partial charge on any atom is 0.251 e. The summed E-state index contributed by atoms with van der Waals surface area (Å²) in [6, 6.07) is 6.93. The van der Waals surface area contributed by atoms with E-state index in [1.54, 1.807) is 18.0 Å². The zero-order valence-electron chi connectivity index (χ0n) is 10.8. The van der Waals surface area contributed by atoms with E-state index in [0.717, 1.165) is 5.39 Å². The number of aliphatic hydroxyl groups excluding tert-OH is 2. The lowest BCUT2D eigenvalue weighted by molar-refractivity contribution is 0.280. The third-order valence-corrected chi connectivity index (χ3v) is 3.01. The van der Waals surface area contributed by atoms with Gasteiger partial charge in [-0.25, -0.2) is 4.98 Å². The van der Waals surface area contributed by atoms with E-state index in [0.29, 0.717) is 24.6 Å². The van der Waals surface area contributed by atoms with Crippen LogP contribution in [0.3, 0.4) is 0 Å². The molecule has 0 aliphatic rings. The average Bonchev–Trinajstić information content (AvgIpc) is 2.42. The van der Waals surface area contributed by atoms with Gasteiger partial charge in [0.15, 0.2) is 0 Å². The Hall–Kier alpha value is -1.92. The molecule has 102 valence electrons. The van der Waals surface area contributed by atoms with Gasteiger partial charge in [-0.15, -0.1) is 0 Å². The van der Waals surface area contributed by atoms with Gasteiger partial charge in [-0.3, -0.25) is 9.36 Å². The largest absolute Gasteiger partial charge is 0.395 e. The van der Waals surface area contributed by atoms with E-state index in [2.05, 4.69) is 4.98 Å². The summed E-state index contributed by atoms with van der Waals surface area (Å²) in [5.74, 6) is 0.636. The van der Waals surface area contributed by atoms with Crippen LogP contribution in [0.1, 0.15) is 0 Å². The van der Waals surface area contributed by atoms with Gasteiger partial charge in [0.25, 0.3) is 5.56 Å². The lowest BCUT2D eigenvalue weighted by atomic mass is 10.2. The van der Waals surface area contributed by atoms with Crippen molar-refractivity contribution in [2.75, 3.05) is 31.2 Å². The molecule has 0 saturated carbocycles. The van der Waals surface area contributed by atoms with Crippen LogP contribution in [0.15, 0.2) is 29.1 Å². The van der Waals surface area contributed by atoms with Crippen molar-refractivity contribution in [2.45, 2.75) is 0 Å². The van der Waals surface area contributed by atoms with Gasteiger partial charge in [0.1, 0.15) is 11.5 Å². The van der Waals surface area contributed by atoms with Gasteiger partial charge in [0.2, 0.25) is 0 Å². The highest BCUT2D eigenvalue weighted by Gasteiger charge is 2.09. The number of pyridine rings is 2. The summed E-state index contributed by atoms with van der Waals surface area (Å²) in [7, 11) is 1.67. The Labute approximate surface area is 110 Å². The molecule has 19 heavy (non-hydrogen) atoms. The Balaban J connectivity index is 2.49. The second kappa shape index (κ2) is 5.81. The molecule has 2 aromatic heterocycles. The number of fused-ring (bicyclic) bond motifs is 1. The zero-order valence-corrected chi connectivity index (χ0v) is 10.8. The predicted octanol–water partition coefficient (Wildman–Crippen LogP) is -0.276. The molecule has 2 aromatic rings. The summed E-state index contributed by atoms with van der Waals surface area (Å²) in [4.78, 5) is 17.8. The van der Waals surface area contributed by atoms with Gasteiger partial charge in [-0.1, -0.05) is 0 Å². The van der Waals surface area contributed by atoms with Crippen LogP contribution in [0.4, 0.5) is 5.82 Å². The summed E-state index contributed by atoms with van der Waals surface area (Å²) in [6.45, 7) is 0.737. The molecule has 0 unspecified atom stereocenters. The maximum absolute atomic E-state index is 11.6. The Morgan fingerprint density at radius 1 is 1.16 bits per heavy atom. The van der Waals surface area contributed by atoms with Crippen molar-refractivity contribution in [2.24, 2.45) is 7.05 Å². The molecule has 2 rings (SSSR count). The van der Waals surface area contributed by atoms with Crippen LogP contribution in [0.5, 0.6) is 0 Å². The number of rotatable bonds is 5. The van der Waals surface area contributed by atoms with E-state index in [4.69, 9.17) is 10.2 Å². The van der Waals surface area contributed by atoms with Crippen molar-refractivity contribution in [3.63, 3.8) is 0 Å². The normalized spacial score (nSPS) is 10.9. The molecule has 0 spiro atoms. The number of hydrogen-bond acceptors (Lipinski definition) is 5. The van der Waals surface area contributed by atoms with Gasteiger partial charge < -0.3 is 15.1 Å². The predicted molar refractivity (Wildman–Crippen MR) is 73.4 cm³/mol. The van der Waals surface area contributed by atoms with Crippen molar-refractivity contribution < 1.29 is 10.2 Å². The molecular formula is C13H17N3O3. The molecule has 0 saturated heterocycles. The highest BCUT2D eigenvalue weighted by Crippen LogP contribution is 2.16. The van der Waals surface area contributed by atoms with Crippen molar-refractivity contribution in [3.8, 4) is 0 Å². The third kappa shape index (κ3) is 2.74. The third-order valence-electron chi connectivity index (χ3n) is 3.01. The summed E-state index contributed by atoms with van der Waals surface area (Å²) >= 11 is 0. The summed E-state index contributed by atoms with van der Waals surface area (Å²) in [5, 5.41) is 18.9. The number of aryl methyl sites for hydroxylation is 1. The molecule has 0 aromatic carbocycles. The van der Waals surface area contributed by atoms with E-state index in [1.807, 2.05) is 12.1 Å². The SMILES string of the molecule is Cn1c(=O)ccc2ccc(N(CCO)CCO)nc21. The van der Waals surface area contributed by atoms with Crippen LogP contribution in [0.2, 0.25) is 0 Å². The van der Waals surface area contributed by atoms with Crippen LogP contribution >= 0.6 is 0 Å². The monoisotopic (exact) mass is 263 g/mol. The molecule has 0 radical (unpaired) electrons. The van der Waals surface area contributed by atoms with Gasteiger partial charge in [0.05, 0.1) is 13.2 Å². The fraction of sp³-hybridized carbons (Fsp3) is 0.385. The zero-order chi connectivity index (χ0) is 13.8. The molecular weight excluding hydrogens is 246 g/mol. The summed E-state index contributed by atoms with van der Waals surface area (Å²) in [5.41, 5.74) is 0.471. The van der Waals surface area contributed by atoms with E-state index in [-0.39, 0.29) is 18.8 Å². The van der Waals surface area contributed by atoms with Crippen molar-refractivity contribution in [1.29, 1.82) is 0 Å². The van der Waals surface area contributed by atoms with E-state index in [1.165, 1.54) is 10.6 Å². The van der Waals surface area contributed by atoms with Gasteiger partial charge in [-0.2, -0.15) is 0 Å². The molecule has 2 heterocycles. The number of nitrogens with zero attached hydrogens (tertiary/aromatic N) is 3. The second-order valence-electron chi connectivity index (χ2n) is 4.25. The Morgan fingerprint density at radius 2 is 1.79 bits per heavy atom. The van der Waals surface area contributed by atoms with Gasteiger partial charge >= 0.3 is 0 Å². The number of hydrogen-bond donors (Lipinski definition) is 2. The molecule has 0 atom stereocenters. The van der Waals surface area contributed by atoms with E-state index >= 15 is 0 Å². The summed E-state index contributed by atoms with van der Waals surface area (Å²) in [6.07, 6.45) is 0. The van der Waals surface area contributed by atoms with Crippen molar-refractivity contribution in [3.05, 3.63) is 34.6 Å². The minimum Gasteiger partial charge on any atom is -0.395 e. The number of aromatic nitrogens is 2. The fourth-order valence-electron chi connectivity index (χ4n) is 1.98. The van der Waals surface area contributed by atoms with Gasteiger partial charge in [-0.05, 0) is 18.2 Å². The van der Waals surface area contributed by atoms with Crippen LogP contribution in [-0.4, -0.2) is 46.1 Å². The lowest BCUT2D eigenvalue weighted by Gasteiger charge is -2.22. The minimum absolute atomic E-state index is 0.0204. The molecule has 0 aliphatic carbocycles. The van der Waals surface area contributed by atoms with Gasteiger partial charge in [0, 0.05) is 31.6 Å². The smallest absolute Gasteiger partial charge is 0.251 e. The molecule has 6 heteroatoms. The standard InChI is InChI=1S/C13H17N3O3/c1-15-12(19)5-3-10-2-4-11(14-13(10)15)16(6-8-17)7-9-18/h2-5,17-18H,6-9H2,1H3. The van der Waals surface area contributed by atoms with Crippen LogP contribution in [-0.2, 0) is 7.05 Å². The first-order chi connectivity index (χ1) is 9.17. The van der Waals surface area contributed by atoms with Crippen LogP contribution in [0, 0.1) is 0 Å². The molecule has 0 fully saturated rings. The highest BCUT2D eigenvalue weighted by atomic mass is 16.3. The van der Waals surface area contributed by atoms with Crippen molar-refractivity contribution in [1.82, 2.24) is 9.55 Å². The van der Waals surface area contributed by atoms with Crippen molar-refractivity contribution >= 4 is 16.9 Å². The quantitative estimate of drug-likeness (QED) is 0.776. The highest BCUT2D eigenvalue weighted by molar-refractivity contribution is 5.77. The molecule has 0 aliphatic heterocycles. The van der Waals surface area contributed by atoms with Crippen LogP contribution < -0.4 is 10.5 Å². The number of anilines is 1. The maximum atomic E-state index is 11.6. The fourth-order valence-corrected chi connectivity index (χ4v) is 1.98. The first-order valence-electron chi connectivity index (χ1n) is 6.11. The lowest BCUT2D eigenvalue weighted by Crippen LogP contribution is -2.30. The van der Waals surface area contributed by atoms with E-state index < -0.39 is 0 Å². The Morgan fingerprint density at radius 3 is 2.42 bits per heavy atom. The topological polar surface area (TPSA) is 78.6 Å². The summed E-state index contributed by atoms with van der Waals surface area (Å²) < 4.78 is 1.48. The Kier molecular flexibility index (Phi) is 4.13. The van der Waals surface area contributed by atoms with Crippen LogP contribution in [0.25, 0.3) is 11.0 Å². The first-order valence-corrected chi connectivity index (χ1v) is 6.11. The molecule has 2 N–H and O–H groups in total. The number of aliphatic hydroxyl groups is 2. The molecule has 0 amide bonds. The molecule has 0 bridgehead atoms. The molecule has 6 nitrogen and oxygen atoms in total. The second-order valence-corrected chi connectivity index (χ2v) is 4.25.